The Morgan fingerprint density at radius 3 is 2.33 bits per heavy atom. The summed E-state index contributed by atoms with van der Waals surface area (Å²) < 4.78 is 52.5. The molecule has 0 aliphatic heterocycles. The number of nitrogens with zero attached hydrogens (tertiary/aromatic N) is 3. The average molecular weight is 572 g/mol. The Balaban J connectivity index is 1.73. The van der Waals surface area contributed by atoms with E-state index in [1.807, 2.05) is 79.1 Å². The molecular formula is C33H28F3N3O3. The molecule has 5 rings (SSSR count). The maximum Gasteiger partial charge on any atom is 0.417 e. The highest BCUT2D eigenvalue weighted by Gasteiger charge is 2.31. The number of benzene rings is 2. The summed E-state index contributed by atoms with van der Waals surface area (Å²) in [6, 6.07) is 18.8. The molecule has 3 heterocycles. The number of carbonyl (C=O) groups excluding carboxylic acids is 1. The lowest BCUT2D eigenvalue weighted by Crippen LogP contribution is -2.12. The van der Waals surface area contributed by atoms with Crippen LogP contribution in [0.1, 0.15) is 48.0 Å². The van der Waals surface area contributed by atoms with Crippen molar-refractivity contribution < 1.29 is 27.4 Å². The third kappa shape index (κ3) is 6.05. The minimum absolute atomic E-state index is 0.000468. The van der Waals surface area contributed by atoms with Crippen molar-refractivity contribution in [3.8, 4) is 22.7 Å². The second kappa shape index (κ2) is 11.9. The van der Waals surface area contributed by atoms with Crippen LogP contribution < -0.4 is 4.74 Å². The topological polar surface area (TPSA) is 66.2 Å². The number of pyridine rings is 2. The monoisotopic (exact) mass is 571 g/mol. The van der Waals surface area contributed by atoms with E-state index in [0.717, 1.165) is 17.8 Å². The number of ether oxygens (including phenoxy) is 2. The normalized spacial score (nSPS) is 11.9. The zero-order valence-corrected chi connectivity index (χ0v) is 23.2. The Morgan fingerprint density at radius 1 is 0.976 bits per heavy atom. The van der Waals surface area contributed by atoms with Gasteiger partial charge in [0.05, 0.1) is 29.5 Å². The highest BCUT2D eigenvalue weighted by Crippen LogP contribution is 2.36. The molecule has 0 fully saturated rings. The van der Waals surface area contributed by atoms with Gasteiger partial charge in [0.2, 0.25) is 0 Å². The van der Waals surface area contributed by atoms with Crippen molar-refractivity contribution in [3.63, 3.8) is 0 Å². The fraction of sp³-hybridized carbons (Fsp3) is 0.182. The first-order chi connectivity index (χ1) is 20.2. The van der Waals surface area contributed by atoms with E-state index in [4.69, 9.17) is 9.47 Å². The van der Waals surface area contributed by atoms with E-state index in [2.05, 4.69) is 9.97 Å². The lowest BCUT2D eigenvalue weighted by Gasteiger charge is -2.13. The van der Waals surface area contributed by atoms with Gasteiger partial charge in [-0.05, 0) is 87.0 Å². The van der Waals surface area contributed by atoms with Crippen LogP contribution in [0.4, 0.5) is 13.2 Å². The van der Waals surface area contributed by atoms with Crippen molar-refractivity contribution in [1.82, 2.24) is 14.5 Å². The molecule has 0 aliphatic rings. The van der Waals surface area contributed by atoms with E-state index < -0.39 is 17.7 Å². The first kappa shape index (κ1) is 28.6. The largest absolute Gasteiger partial charge is 0.491 e. The van der Waals surface area contributed by atoms with Crippen LogP contribution in [-0.4, -0.2) is 33.2 Å². The number of hydrogen-bond acceptors (Lipinski definition) is 5. The van der Waals surface area contributed by atoms with Crippen molar-refractivity contribution in [1.29, 1.82) is 0 Å². The van der Waals surface area contributed by atoms with Crippen molar-refractivity contribution in [2.24, 2.45) is 0 Å². The third-order valence-electron chi connectivity index (χ3n) is 6.48. The number of alkyl halides is 3. The van der Waals surface area contributed by atoms with Gasteiger partial charge in [-0.25, -0.2) is 4.79 Å². The number of halogens is 3. The van der Waals surface area contributed by atoms with Crippen LogP contribution >= 0.6 is 0 Å². The number of esters is 1. The number of carbonyl (C=O) groups is 1. The zero-order chi connectivity index (χ0) is 29.9. The van der Waals surface area contributed by atoms with Gasteiger partial charge in [-0.15, -0.1) is 0 Å². The Kier molecular flexibility index (Phi) is 8.10. The maximum atomic E-state index is 13.5. The highest BCUT2D eigenvalue weighted by atomic mass is 19.4. The number of hydrogen-bond donors (Lipinski definition) is 0. The Morgan fingerprint density at radius 2 is 1.71 bits per heavy atom. The minimum Gasteiger partial charge on any atom is -0.491 e. The average Bonchev–Trinajstić information content (AvgIpc) is 3.30. The van der Waals surface area contributed by atoms with Crippen LogP contribution in [0.5, 0.6) is 5.75 Å². The fourth-order valence-corrected chi connectivity index (χ4v) is 4.64. The van der Waals surface area contributed by atoms with Crippen molar-refractivity contribution in [2.45, 2.75) is 33.1 Å². The van der Waals surface area contributed by atoms with Crippen LogP contribution in [0.2, 0.25) is 0 Å². The number of rotatable bonds is 8. The first-order valence-corrected chi connectivity index (χ1v) is 13.4. The van der Waals surface area contributed by atoms with E-state index in [0.29, 0.717) is 44.9 Å². The lowest BCUT2D eigenvalue weighted by molar-refractivity contribution is -0.137. The molecule has 2 aromatic carbocycles. The molecule has 6 nitrogen and oxygen atoms in total. The molecule has 9 heteroatoms. The van der Waals surface area contributed by atoms with Crippen LogP contribution in [0.25, 0.3) is 40.0 Å². The maximum absolute atomic E-state index is 13.5. The molecule has 0 unspecified atom stereocenters. The summed E-state index contributed by atoms with van der Waals surface area (Å²) in [6.45, 7) is 5.80. The molecule has 214 valence electrons. The number of aromatic nitrogens is 3. The summed E-state index contributed by atoms with van der Waals surface area (Å²) >= 11 is 0. The predicted molar refractivity (Wildman–Crippen MR) is 156 cm³/mol. The Labute approximate surface area is 241 Å². The zero-order valence-electron chi connectivity index (χ0n) is 23.2. The van der Waals surface area contributed by atoms with Crippen LogP contribution in [0.3, 0.4) is 0 Å². The summed E-state index contributed by atoms with van der Waals surface area (Å²) in [5.74, 6) is 0.177. The van der Waals surface area contributed by atoms with Gasteiger partial charge in [0.1, 0.15) is 11.4 Å². The third-order valence-corrected chi connectivity index (χ3v) is 6.48. The SMILES string of the molecule is CCOC(=O)c1c(C=Cc2ccncc2)c2cc(-c3ccc(C(F)(F)F)cn3)ccc2n1-c1ccc(OC(C)C)cc1. The smallest absolute Gasteiger partial charge is 0.417 e. The molecule has 0 atom stereocenters. The fourth-order valence-electron chi connectivity index (χ4n) is 4.64. The standard InChI is InChI=1S/C33H28F3N3O3/c1-4-41-32(40)31-27(12-5-22-15-17-37-18-16-22)28-19-23(29-13-7-24(20-38-29)33(34,35)36)6-14-30(28)39(31)25-8-10-26(11-9-25)42-21(2)3/h5-21H,4H2,1-3H3. The molecule has 0 saturated heterocycles. The molecule has 0 radical (unpaired) electrons. The molecule has 0 saturated carbocycles. The van der Waals surface area contributed by atoms with Gasteiger partial charge in [-0.2, -0.15) is 13.2 Å². The van der Waals surface area contributed by atoms with Gasteiger partial charge in [0.25, 0.3) is 0 Å². The predicted octanol–water partition coefficient (Wildman–Crippen LogP) is 8.24. The van der Waals surface area contributed by atoms with Gasteiger partial charge >= 0.3 is 12.1 Å². The molecule has 3 aromatic heterocycles. The van der Waals surface area contributed by atoms with Gasteiger partial charge in [0, 0.05) is 40.8 Å². The van der Waals surface area contributed by atoms with E-state index in [-0.39, 0.29) is 12.7 Å². The summed E-state index contributed by atoms with van der Waals surface area (Å²) in [5.41, 5.74) is 3.34. The molecule has 0 spiro atoms. The summed E-state index contributed by atoms with van der Waals surface area (Å²) in [6.07, 6.45) is 3.38. The quantitative estimate of drug-likeness (QED) is 0.176. The summed E-state index contributed by atoms with van der Waals surface area (Å²) in [7, 11) is 0. The molecule has 42 heavy (non-hydrogen) atoms. The molecule has 0 amide bonds. The lowest BCUT2D eigenvalue weighted by atomic mass is 10.0. The van der Waals surface area contributed by atoms with Crippen LogP contribution in [-0.2, 0) is 10.9 Å². The van der Waals surface area contributed by atoms with Gasteiger partial charge < -0.3 is 14.0 Å². The molecule has 0 N–H and O–H groups in total. The first-order valence-electron chi connectivity index (χ1n) is 13.4. The van der Waals surface area contributed by atoms with Crippen molar-refractivity contribution in [3.05, 3.63) is 108 Å². The van der Waals surface area contributed by atoms with E-state index in [9.17, 15) is 18.0 Å². The second-order valence-electron chi connectivity index (χ2n) is 9.75. The molecule has 5 aromatic rings. The van der Waals surface area contributed by atoms with Crippen molar-refractivity contribution in [2.75, 3.05) is 6.61 Å². The number of fused-ring (bicyclic) bond motifs is 1. The highest BCUT2D eigenvalue weighted by molar-refractivity contribution is 6.06. The summed E-state index contributed by atoms with van der Waals surface area (Å²) in [5, 5.41) is 0.699. The molecule has 0 aliphatic carbocycles. The van der Waals surface area contributed by atoms with Gasteiger partial charge in [-0.1, -0.05) is 18.2 Å². The van der Waals surface area contributed by atoms with Crippen molar-refractivity contribution >= 4 is 29.0 Å². The Bertz CT molecular complexity index is 1720. The van der Waals surface area contributed by atoms with Crippen LogP contribution in [0.15, 0.2) is 85.3 Å². The molecular weight excluding hydrogens is 543 g/mol. The summed E-state index contributed by atoms with van der Waals surface area (Å²) in [4.78, 5) is 21.6. The molecule has 0 bridgehead atoms. The van der Waals surface area contributed by atoms with E-state index >= 15 is 0 Å². The van der Waals surface area contributed by atoms with Gasteiger partial charge in [0.15, 0.2) is 0 Å². The van der Waals surface area contributed by atoms with Crippen LogP contribution in [0, 0.1) is 0 Å². The Hall–Kier alpha value is -4.92. The van der Waals surface area contributed by atoms with Gasteiger partial charge in [-0.3, -0.25) is 9.97 Å². The van der Waals surface area contributed by atoms with E-state index in [1.165, 1.54) is 6.07 Å². The second-order valence-corrected chi connectivity index (χ2v) is 9.75. The minimum atomic E-state index is -4.48. The van der Waals surface area contributed by atoms with E-state index in [1.54, 1.807) is 25.4 Å².